The molecule has 0 fully saturated rings. The van der Waals surface area contributed by atoms with E-state index in [4.69, 9.17) is 5.73 Å². The molecule has 0 saturated carbocycles. The Labute approximate surface area is 85.7 Å². The smallest absolute Gasteiger partial charge is 0.126 e. The molecule has 0 spiro atoms. The number of pyridine rings is 1. The molecule has 1 rings (SSSR count). The van der Waals surface area contributed by atoms with Gasteiger partial charge in [0.15, 0.2) is 0 Å². The summed E-state index contributed by atoms with van der Waals surface area (Å²) in [6, 6.07) is 4.39. The summed E-state index contributed by atoms with van der Waals surface area (Å²) in [4.78, 5) is 4.24. The van der Waals surface area contributed by atoms with Gasteiger partial charge in [0.05, 0.1) is 0 Å². The Hall–Kier alpha value is -1.09. The van der Waals surface area contributed by atoms with Crippen molar-refractivity contribution in [2.75, 3.05) is 11.9 Å². The molecule has 0 aliphatic carbocycles. The van der Waals surface area contributed by atoms with Gasteiger partial charge in [-0.15, -0.1) is 0 Å². The van der Waals surface area contributed by atoms with Crippen molar-refractivity contribution in [1.29, 1.82) is 0 Å². The predicted octanol–water partition coefficient (Wildman–Crippen LogP) is 1.79. The van der Waals surface area contributed by atoms with Crippen molar-refractivity contribution < 1.29 is 0 Å². The minimum absolute atomic E-state index is 0.356. The van der Waals surface area contributed by atoms with Crippen molar-refractivity contribution in [2.45, 2.75) is 26.8 Å². The maximum Gasteiger partial charge on any atom is 0.126 e. The van der Waals surface area contributed by atoms with Crippen molar-refractivity contribution in [3.8, 4) is 0 Å². The molecule has 0 amide bonds. The number of aromatic nitrogens is 1. The van der Waals surface area contributed by atoms with Crippen LogP contribution in [0.15, 0.2) is 18.3 Å². The van der Waals surface area contributed by atoms with E-state index in [1.54, 1.807) is 0 Å². The molecule has 1 heterocycles. The van der Waals surface area contributed by atoms with Gasteiger partial charge in [-0.1, -0.05) is 6.92 Å². The number of nitrogens with zero attached hydrogens (tertiary/aromatic N) is 1. The molecular weight excluding hydrogens is 174 g/mol. The third-order valence-corrected chi connectivity index (χ3v) is 2.52. The molecule has 0 aliphatic rings. The Kier molecular flexibility index (Phi) is 3.89. The highest BCUT2D eigenvalue weighted by Gasteiger charge is 2.10. The van der Waals surface area contributed by atoms with Crippen LogP contribution in [0.5, 0.6) is 0 Å². The molecule has 0 bridgehead atoms. The first-order valence-electron chi connectivity index (χ1n) is 5.02. The lowest BCUT2D eigenvalue weighted by atomic mass is 10.0. The van der Waals surface area contributed by atoms with Crippen LogP contribution in [0.25, 0.3) is 0 Å². The van der Waals surface area contributed by atoms with Crippen LogP contribution in [-0.4, -0.2) is 17.6 Å². The van der Waals surface area contributed by atoms with Crippen molar-refractivity contribution in [2.24, 2.45) is 11.7 Å². The summed E-state index contributed by atoms with van der Waals surface area (Å²) in [6.45, 7) is 7.01. The topological polar surface area (TPSA) is 50.9 Å². The van der Waals surface area contributed by atoms with E-state index >= 15 is 0 Å². The number of nitrogens with one attached hydrogen (secondary N) is 1. The van der Waals surface area contributed by atoms with Gasteiger partial charge in [-0.25, -0.2) is 4.98 Å². The minimum Gasteiger partial charge on any atom is -0.367 e. The van der Waals surface area contributed by atoms with Crippen LogP contribution in [0.2, 0.25) is 0 Å². The second kappa shape index (κ2) is 4.96. The van der Waals surface area contributed by atoms with E-state index in [0.29, 0.717) is 18.5 Å². The Morgan fingerprint density at radius 1 is 1.50 bits per heavy atom. The van der Waals surface area contributed by atoms with Crippen LogP contribution in [0.4, 0.5) is 5.82 Å². The van der Waals surface area contributed by atoms with Crippen LogP contribution in [0.3, 0.4) is 0 Å². The lowest BCUT2D eigenvalue weighted by molar-refractivity contribution is 0.520. The van der Waals surface area contributed by atoms with Crippen molar-refractivity contribution in [1.82, 2.24) is 4.98 Å². The number of aryl methyl sites for hydroxylation is 1. The zero-order valence-electron chi connectivity index (χ0n) is 9.12. The van der Waals surface area contributed by atoms with Gasteiger partial charge in [0.1, 0.15) is 5.82 Å². The van der Waals surface area contributed by atoms with E-state index in [1.807, 2.05) is 18.3 Å². The molecule has 3 nitrogen and oxygen atoms in total. The number of anilines is 1. The first kappa shape index (κ1) is 11.0. The Balaban J connectivity index is 2.60. The highest BCUT2D eigenvalue weighted by atomic mass is 15.0. The van der Waals surface area contributed by atoms with E-state index in [0.717, 1.165) is 5.82 Å². The maximum absolute atomic E-state index is 5.60. The average Bonchev–Trinajstić information content (AvgIpc) is 2.16. The van der Waals surface area contributed by atoms with E-state index in [2.05, 4.69) is 31.1 Å². The molecule has 78 valence electrons. The van der Waals surface area contributed by atoms with Crippen LogP contribution < -0.4 is 11.1 Å². The summed E-state index contributed by atoms with van der Waals surface area (Å²) >= 11 is 0. The highest BCUT2D eigenvalue weighted by Crippen LogP contribution is 2.10. The molecular formula is C11H19N3. The lowest BCUT2D eigenvalue weighted by Crippen LogP contribution is -2.29. The fraction of sp³-hybridized carbons (Fsp3) is 0.545. The summed E-state index contributed by atoms with van der Waals surface area (Å²) < 4.78 is 0. The van der Waals surface area contributed by atoms with Gasteiger partial charge in [-0.3, -0.25) is 0 Å². The normalized spacial score (nSPS) is 14.9. The first-order chi connectivity index (χ1) is 6.63. The molecule has 0 saturated heterocycles. The maximum atomic E-state index is 5.60. The van der Waals surface area contributed by atoms with Gasteiger partial charge >= 0.3 is 0 Å². The van der Waals surface area contributed by atoms with Gasteiger partial charge in [-0.05, 0) is 44.0 Å². The third-order valence-electron chi connectivity index (χ3n) is 2.52. The second-order valence-electron chi connectivity index (χ2n) is 3.86. The van der Waals surface area contributed by atoms with Crippen molar-refractivity contribution >= 4 is 5.82 Å². The quantitative estimate of drug-likeness (QED) is 0.766. The third kappa shape index (κ3) is 3.00. The van der Waals surface area contributed by atoms with Crippen molar-refractivity contribution in [3.05, 3.63) is 23.9 Å². The summed E-state index contributed by atoms with van der Waals surface area (Å²) in [5, 5.41) is 3.34. The van der Waals surface area contributed by atoms with Crippen LogP contribution in [0, 0.1) is 12.8 Å². The number of hydrogen-bond donors (Lipinski definition) is 2. The number of hydrogen-bond acceptors (Lipinski definition) is 3. The Bertz CT molecular complexity index is 286. The lowest BCUT2D eigenvalue weighted by Gasteiger charge is -2.20. The molecule has 3 heteroatoms. The Morgan fingerprint density at radius 2 is 2.21 bits per heavy atom. The van der Waals surface area contributed by atoms with Crippen LogP contribution >= 0.6 is 0 Å². The number of nitrogens with two attached hydrogens (primary N) is 1. The van der Waals surface area contributed by atoms with Gasteiger partial charge in [0, 0.05) is 12.2 Å². The van der Waals surface area contributed by atoms with E-state index in [-0.39, 0.29) is 0 Å². The van der Waals surface area contributed by atoms with Crippen molar-refractivity contribution in [3.63, 3.8) is 0 Å². The van der Waals surface area contributed by atoms with Crippen LogP contribution in [-0.2, 0) is 0 Å². The monoisotopic (exact) mass is 193 g/mol. The Morgan fingerprint density at radius 3 is 2.79 bits per heavy atom. The number of rotatable bonds is 4. The minimum atomic E-state index is 0.356. The fourth-order valence-corrected chi connectivity index (χ4v) is 1.19. The van der Waals surface area contributed by atoms with E-state index in [1.165, 1.54) is 5.56 Å². The van der Waals surface area contributed by atoms with Gasteiger partial charge in [0.25, 0.3) is 0 Å². The fourth-order valence-electron chi connectivity index (χ4n) is 1.19. The molecule has 1 aromatic rings. The first-order valence-corrected chi connectivity index (χ1v) is 5.02. The molecule has 0 aromatic carbocycles. The van der Waals surface area contributed by atoms with E-state index < -0.39 is 0 Å². The summed E-state index contributed by atoms with van der Waals surface area (Å²) in [7, 11) is 0. The zero-order chi connectivity index (χ0) is 10.6. The molecule has 2 atom stereocenters. The summed E-state index contributed by atoms with van der Waals surface area (Å²) in [5.74, 6) is 1.38. The summed E-state index contributed by atoms with van der Waals surface area (Å²) in [5.41, 5.74) is 6.81. The van der Waals surface area contributed by atoms with Gasteiger partial charge in [-0.2, -0.15) is 0 Å². The second-order valence-corrected chi connectivity index (χ2v) is 3.86. The SMILES string of the molecule is Cc1ccnc(NC(C)C(C)CN)c1. The molecule has 2 unspecified atom stereocenters. The average molecular weight is 193 g/mol. The van der Waals surface area contributed by atoms with Crippen LogP contribution in [0.1, 0.15) is 19.4 Å². The largest absolute Gasteiger partial charge is 0.367 e. The molecule has 1 aromatic heterocycles. The molecule has 14 heavy (non-hydrogen) atoms. The van der Waals surface area contributed by atoms with E-state index in [9.17, 15) is 0 Å². The molecule has 0 aliphatic heterocycles. The predicted molar refractivity (Wildman–Crippen MR) is 60.3 cm³/mol. The standard InChI is InChI=1S/C11H19N3/c1-8-4-5-13-11(6-8)14-10(3)9(2)7-12/h4-6,9-10H,7,12H2,1-3H3,(H,13,14). The van der Waals surface area contributed by atoms with Gasteiger partial charge < -0.3 is 11.1 Å². The zero-order valence-corrected chi connectivity index (χ0v) is 9.12. The van der Waals surface area contributed by atoms with Gasteiger partial charge in [0.2, 0.25) is 0 Å². The molecule has 0 radical (unpaired) electrons. The molecule has 3 N–H and O–H groups in total. The highest BCUT2D eigenvalue weighted by molar-refractivity contribution is 5.37. The summed E-state index contributed by atoms with van der Waals surface area (Å²) in [6.07, 6.45) is 1.82.